The van der Waals surface area contributed by atoms with Crippen LogP contribution in [0.2, 0.25) is 0 Å². The topological polar surface area (TPSA) is 133 Å². The molecule has 1 atom stereocenters. The Kier molecular flexibility index (Phi) is 5.54. The number of carboxylic acid groups (broad SMARTS) is 1. The van der Waals surface area contributed by atoms with Crippen molar-refractivity contribution in [2.45, 2.75) is 54.9 Å². The van der Waals surface area contributed by atoms with Crippen LogP contribution in [0, 0.1) is 0 Å². The fraction of sp³-hybridized carbons (Fsp3) is 0.471. The van der Waals surface area contributed by atoms with Gasteiger partial charge in [0, 0.05) is 6.04 Å². The van der Waals surface area contributed by atoms with Gasteiger partial charge < -0.3 is 10.4 Å². The number of amides is 3. The molecule has 1 heterocycles. The molecule has 3 rings (SSSR count). The van der Waals surface area contributed by atoms with Crippen molar-refractivity contribution in [3.63, 3.8) is 0 Å². The second kappa shape index (κ2) is 7.54. The highest BCUT2D eigenvalue weighted by atomic mass is 32.2. The summed E-state index contributed by atoms with van der Waals surface area (Å²) in [5.41, 5.74) is -4.14. The molecule has 0 aromatic heterocycles. The maximum atomic E-state index is 13.9. The lowest BCUT2D eigenvalue weighted by Crippen LogP contribution is -2.69. The van der Waals surface area contributed by atoms with Crippen LogP contribution in [-0.4, -0.2) is 54.2 Å². The van der Waals surface area contributed by atoms with Crippen molar-refractivity contribution in [1.82, 2.24) is 14.9 Å². The van der Waals surface area contributed by atoms with Crippen LogP contribution in [0.3, 0.4) is 0 Å². The molecule has 164 valence electrons. The number of nitrogens with one attached hydrogen (secondary N) is 2. The molecule has 1 aromatic carbocycles. The number of carboxylic acids is 1. The number of nitrogens with zero attached hydrogens (tertiary/aromatic N) is 1. The van der Waals surface area contributed by atoms with Gasteiger partial charge in [-0.2, -0.15) is 17.9 Å². The molecule has 30 heavy (non-hydrogen) atoms. The quantitative estimate of drug-likeness (QED) is 0.588. The second-order valence-corrected chi connectivity index (χ2v) is 8.76. The molecule has 3 amide bonds. The number of rotatable bonds is 5. The summed E-state index contributed by atoms with van der Waals surface area (Å²) in [4.78, 5) is 35.7. The van der Waals surface area contributed by atoms with E-state index in [1.807, 2.05) is 0 Å². The zero-order valence-electron chi connectivity index (χ0n) is 15.4. The maximum Gasteiger partial charge on any atom is 0.435 e. The largest absolute Gasteiger partial charge is 0.478 e. The van der Waals surface area contributed by atoms with Crippen LogP contribution in [0.1, 0.15) is 42.5 Å². The molecule has 0 radical (unpaired) electrons. The lowest BCUT2D eigenvalue weighted by Gasteiger charge is -2.32. The lowest BCUT2D eigenvalue weighted by molar-refractivity contribution is -0.198. The van der Waals surface area contributed by atoms with E-state index < -0.39 is 50.7 Å². The fourth-order valence-electron chi connectivity index (χ4n) is 3.57. The van der Waals surface area contributed by atoms with Crippen molar-refractivity contribution in [3.8, 4) is 0 Å². The van der Waals surface area contributed by atoms with E-state index in [2.05, 4.69) is 0 Å². The molecule has 2 aliphatic rings. The highest BCUT2D eigenvalue weighted by Gasteiger charge is 2.70. The van der Waals surface area contributed by atoms with Gasteiger partial charge in [0.05, 0.1) is 10.5 Å². The van der Waals surface area contributed by atoms with Gasteiger partial charge in [-0.15, -0.1) is 0 Å². The molecule has 1 saturated carbocycles. The molecule has 1 aliphatic carbocycles. The number of benzene rings is 1. The van der Waals surface area contributed by atoms with E-state index in [0.717, 1.165) is 30.7 Å². The number of carbonyl (C=O) groups is 3. The summed E-state index contributed by atoms with van der Waals surface area (Å²) in [5, 5.41) is 10.3. The van der Waals surface area contributed by atoms with Crippen LogP contribution in [0.4, 0.5) is 18.0 Å². The number of urea groups is 1. The standard InChI is InChI=1S/C17H18F3N3O6S/c18-17(19,20)16(14(26)23(15(27)21-16)11-4-2-1-3-5-11)22-30(28,29)12-8-6-10(7-9-12)13(24)25/h6-9,11,22H,1-5H2,(H,21,27)(H,24,25)/t16-/m1/s1. The van der Waals surface area contributed by atoms with Gasteiger partial charge in [-0.3, -0.25) is 9.69 Å². The van der Waals surface area contributed by atoms with Gasteiger partial charge in [-0.05, 0) is 37.1 Å². The minimum atomic E-state index is -5.47. The first-order valence-electron chi connectivity index (χ1n) is 8.99. The third-order valence-corrected chi connectivity index (χ3v) is 6.58. The van der Waals surface area contributed by atoms with Gasteiger partial charge in [0.15, 0.2) is 0 Å². The minimum absolute atomic E-state index is 0.284. The predicted molar refractivity (Wildman–Crippen MR) is 94.8 cm³/mol. The summed E-state index contributed by atoms with van der Waals surface area (Å²) in [5.74, 6) is -3.10. The van der Waals surface area contributed by atoms with Crippen molar-refractivity contribution in [2.24, 2.45) is 0 Å². The normalized spacial score (nSPS) is 23.5. The van der Waals surface area contributed by atoms with Gasteiger partial charge in [-0.25, -0.2) is 18.0 Å². The molecule has 1 aliphatic heterocycles. The van der Waals surface area contributed by atoms with E-state index in [-0.39, 0.29) is 5.56 Å². The number of imide groups is 1. The maximum absolute atomic E-state index is 13.9. The minimum Gasteiger partial charge on any atom is -0.478 e. The van der Waals surface area contributed by atoms with E-state index in [1.165, 1.54) is 10.0 Å². The molecule has 9 nitrogen and oxygen atoms in total. The summed E-state index contributed by atoms with van der Waals surface area (Å²) in [6.07, 6.45) is -2.74. The highest BCUT2D eigenvalue weighted by Crippen LogP contribution is 2.37. The van der Waals surface area contributed by atoms with Crippen LogP contribution in [-0.2, 0) is 14.8 Å². The van der Waals surface area contributed by atoms with Crippen LogP contribution in [0.25, 0.3) is 0 Å². The zero-order chi connectivity index (χ0) is 22.3. The van der Waals surface area contributed by atoms with Crippen molar-refractivity contribution >= 4 is 27.9 Å². The molecule has 0 bridgehead atoms. The molecular weight excluding hydrogens is 431 g/mol. The molecule has 0 unspecified atom stereocenters. The molecule has 3 N–H and O–H groups in total. The first-order chi connectivity index (χ1) is 13.9. The Morgan fingerprint density at radius 1 is 1.13 bits per heavy atom. The van der Waals surface area contributed by atoms with Gasteiger partial charge in [0.25, 0.3) is 11.6 Å². The lowest BCUT2D eigenvalue weighted by atomic mass is 9.94. The Bertz CT molecular complexity index is 973. The second-order valence-electron chi connectivity index (χ2n) is 7.08. The molecule has 1 saturated heterocycles. The van der Waals surface area contributed by atoms with E-state index in [9.17, 15) is 36.0 Å². The Morgan fingerprint density at radius 2 is 1.70 bits per heavy atom. The number of halogens is 3. The average molecular weight is 449 g/mol. The number of alkyl halides is 3. The van der Waals surface area contributed by atoms with Crippen molar-refractivity contribution < 1.29 is 41.1 Å². The van der Waals surface area contributed by atoms with E-state index in [0.29, 0.717) is 30.6 Å². The van der Waals surface area contributed by atoms with Crippen LogP contribution >= 0.6 is 0 Å². The summed E-state index contributed by atoms with van der Waals surface area (Å²) in [6, 6.07) is 1.27. The third kappa shape index (κ3) is 3.74. The van der Waals surface area contributed by atoms with E-state index >= 15 is 0 Å². The summed E-state index contributed by atoms with van der Waals surface area (Å²) < 4.78 is 68.2. The first-order valence-corrected chi connectivity index (χ1v) is 10.5. The van der Waals surface area contributed by atoms with Gasteiger partial charge in [0.2, 0.25) is 10.0 Å². The monoisotopic (exact) mass is 449 g/mol. The smallest absolute Gasteiger partial charge is 0.435 e. The summed E-state index contributed by atoms with van der Waals surface area (Å²) in [6.45, 7) is 0. The van der Waals surface area contributed by atoms with Crippen molar-refractivity contribution in [3.05, 3.63) is 29.8 Å². The van der Waals surface area contributed by atoms with Gasteiger partial charge in [-0.1, -0.05) is 19.3 Å². The van der Waals surface area contributed by atoms with Crippen molar-refractivity contribution in [2.75, 3.05) is 0 Å². The van der Waals surface area contributed by atoms with Crippen molar-refractivity contribution in [1.29, 1.82) is 0 Å². The number of hydrogen-bond donors (Lipinski definition) is 3. The molecule has 1 aromatic rings. The molecule has 0 spiro atoms. The first kappa shape index (κ1) is 22.0. The summed E-state index contributed by atoms with van der Waals surface area (Å²) >= 11 is 0. The summed E-state index contributed by atoms with van der Waals surface area (Å²) in [7, 11) is -4.96. The zero-order valence-corrected chi connectivity index (χ0v) is 16.2. The number of aromatic carboxylic acids is 1. The number of sulfonamides is 1. The SMILES string of the molecule is O=C(O)c1ccc(S(=O)(=O)N[C@]2(C(F)(F)F)NC(=O)N(C3CCCCC3)C2=O)cc1. The van der Waals surface area contributed by atoms with E-state index in [4.69, 9.17) is 5.11 Å². The van der Waals surface area contributed by atoms with E-state index in [1.54, 1.807) is 0 Å². The average Bonchev–Trinajstić information content (AvgIpc) is 2.92. The van der Waals surface area contributed by atoms with Crippen LogP contribution in [0.5, 0.6) is 0 Å². The van der Waals surface area contributed by atoms with Gasteiger partial charge >= 0.3 is 18.2 Å². The van der Waals surface area contributed by atoms with Crippen LogP contribution in [0.15, 0.2) is 29.2 Å². The predicted octanol–water partition coefficient (Wildman–Crippen LogP) is 1.81. The molecule has 13 heteroatoms. The Morgan fingerprint density at radius 3 is 2.20 bits per heavy atom. The Hall–Kier alpha value is -2.67. The number of carbonyl (C=O) groups excluding carboxylic acids is 2. The Labute approximate surface area is 169 Å². The number of hydrogen-bond acceptors (Lipinski definition) is 5. The Balaban J connectivity index is 1.97. The third-order valence-electron chi connectivity index (χ3n) is 5.12. The molecule has 2 fully saturated rings. The van der Waals surface area contributed by atoms with Gasteiger partial charge in [0.1, 0.15) is 0 Å². The molecular formula is C17H18F3N3O6S. The highest BCUT2D eigenvalue weighted by molar-refractivity contribution is 7.89. The van der Waals surface area contributed by atoms with Crippen LogP contribution < -0.4 is 10.0 Å². The fourth-order valence-corrected chi connectivity index (χ4v) is 4.84.